The molecule has 4 heteroatoms. The van der Waals surface area contributed by atoms with Gasteiger partial charge in [0.25, 0.3) is 0 Å². The summed E-state index contributed by atoms with van der Waals surface area (Å²) in [5, 5.41) is 3.24. The van der Waals surface area contributed by atoms with E-state index in [1.807, 2.05) is 18.3 Å². The largest absolute Gasteiger partial charge is 0.492 e. The van der Waals surface area contributed by atoms with E-state index in [4.69, 9.17) is 4.74 Å². The van der Waals surface area contributed by atoms with Crippen LogP contribution in [0.2, 0.25) is 0 Å². The second kappa shape index (κ2) is 6.71. The molecule has 0 aliphatic rings. The van der Waals surface area contributed by atoms with Crippen molar-refractivity contribution in [2.24, 2.45) is 0 Å². The highest BCUT2D eigenvalue weighted by atomic mass is 19.1. The quantitative estimate of drug-likeness (QED) is 0.795. The predicted octanol–water partition coefficient (Wildman–Crippen LogP) is 2.39. The van der Waals surface area contributed by atoms with Crippen LogP contribution in [0.3, 0.4) is 0 Å². The van der Waals surface area contributed by atoms with Crippen LogP contribution in [0.5, 0.6) is 5.75 Å². The molecule has 0 unspecified atom stereocenters. The van der Waals surface area contributed by atoms with E-state index in [1.165, 1.54) is 12.1 Å². The van der Waals surface area contributed by atoms with Gasteiger partial charge in [0.1, 0.15) is 18.2 Å². The molecule has 94 valence electrons. The number of aromatic nitrogens is 1. The summed E-state index contributed by atoms with van der Waals surface area (Å²) >= 11 is 0. The van der Waals surface area contributed by atoms with Crippen LogP contribution in [-0.4, -0.2) is 18.1 Å². The second-order valence-electron chi connectivity index (χ2n) is 3.84. The summed E-state index contributed by atoms with van der Waals surface area (Å²) in [6.07, 6.45) is 3.58. The van der Waals surface area contributed by atoms with Crippen molar-refractivity contribution in [2.45, 2.75) is 6.54 Å². The molecule has 1 aromatic carbocycles. The molecular formula is C14H15FN2O. The third-order valence-electron chi connectivity index (χ3n) is 2.41. The number of rotatable bonds is 6. The molecule has 0 aliphatic heterocycles. The second-order valence-corrected chi connectivity index (χ2v) is 3.84. The van der Waals surface area contributed by atoms with Gasteiger partial charge >= 0.3 is 0 Å². The zero-order chi connectivity index (χ0) is 12.6. The number of hydrogen-bond donors (Lipinski definition) is 1. The van der Waals surface area contributed by atoms with Crippen LogP contribution in [0.15, 0.2) is 48.8 Å². The topological polar surface area (TPSA) is 34.1 Å². The first-order valence-electron chi connectivity index (χ1n) is 5.82. The third-order valence-corrected chi connectivity index (χ3v) is 2.41. The van der Waals surface area contributed by atoms with Gasteiger partial charge in [0.15, 0.2) is 0 Å². The number of hydrogen-bond acceptors (Lipinski definition) is 3. The van der Waals surface area contributed by atoms with Gasteiger partial charge in [-0.05, 0) is 35.9 Å². The highest BCUT2D eigenvalue weighted by Gasteiger charge is 1.95. The van der Waals surface area contributed by atoms with E-state index in [-0.39, 0.29) is 5.82 Å². The molecule has 0 bridgehead atoms. The van der Waals surface area contributed by atoms with Gasteiger partial charge in [-0.3, -0.25) is 4.98 Å². The van der Waals surface area contributed by atoms with Crippen LogP contribution in [-0.2, 0) is 6.54 Å². The number of halogens is 1. The summed E-state index contributed by atoms with van der Waals surface area (Å²) < 4.78 is 18.1. The average Bonchev–Trinajstić information content (AvgIpc) is 2.42. The Kier molecular flexibility index (Phi) is 4.67. The minimum atomic E-state index is -0.253. The Morgan fingerprint density at radius 3 is 2.72 bits per heavy atom. The molecule has 2 aromatic rings. The van der Waals surface area contributed by atoms with Crippen molar-refractivity contribution >= 4 is 0 Å². The molecule has 1 N–H and O–H groups in total. The Morgan fingerprint density at radius 1 is 1.17 bits per heavy atom. The smallest absolute Gasteiger partial charge is 0.123 e. The SMILES string of the molecule is Fc1ccc(OCCNCc2cccnc2)cc1. The summed E-state index contributed by atoms with van der Waals surface area (Å²) in [6.45, 7) is 2.04. The molecule has 0 saturated heterocycles. The molecule has 0 atom stereocenters. The highest BCUT2D eigenvalue weighted by Crippen LogP contribution is 2.10. The zero-order valence-corrected chi connectivity index (χ0v) is 9.97. The monoisotopic (exact) mass is 246 g/mol. The van der Waals surface area contributed by atoms with Gasteiger partial charge in [0.05, 0.1) is 0 Å². The highest BCUT2D eigenvalue weighted by molar-refractivity contribution is 5.21. The van der Waals surface area contributed by atoms with E-state index in [1.54, 1.807) is 18.3 Å². The van der Waals surface area contributed by atoms with Crippen LogP contribution >= 0.6 is 0 Å². The normalized spacial score (nSPS) is 10.3. The Balaban J connectivity index is 1.63. The van der Waals surface area contributed by atoms with Crippen LogP contribution < -0.4 is 10.1 Å². The molecule has 0 aliphatic carbocycles. The first-order valence-corrected chi connectivity index (χ1v) is 5.82. The summed E-state index contributed by atoms with van der Waals surface area (Å²) in [5.41, 5.74) is 1.14. The molecule has 18 heavy (non-hydrogen) atoms. The third kappa shape index (κ3) is 4.14. The van der Waals surface area contributed by atoms with Crippen molar-refractivity contribution in [1.29, 1.82) is 0 Å². The summed E-state index contributed by atoms with van der Waals surface area (Å²) in [4.78, 5) is 4.03. The number of nitrogens with zero attached hydrogens (tertiary/aromatic N) is 1. The van der Waals surface area contributed by atoms with Crippen molar-refractivity contribution in [1.82, 2.24) is 10.3 Å². The van der Waals surface area contributed by atoms with E-state index < -0.39 is 0 Å². The standard InChI is InChI=1S/C14H15FN2O/c15-13-3-5-14(6-4-13)18-9-8-17-11-12-2-1-7-16-10-12/h1-7,10,17H,8-9,11H2. The van der Waals surface area contributed by atoms with E-state index in [9.17, 15) is 4.39 Å². The molecule has 0 radical (unpaired) electrons. The van der Waals surface area contributed by atoms with Gasteiger partial charge in [-0.2, -0.15) is 0 Å². The molecule has 3 nitrogen and oxygen atoms in total. The Hall–Kier alpha value is -1.94. The van der Waals surface area contributed by atoms with Gasteiger partial charge in [-0.15, -0.1) is 0 Å². The lowest BCUT2D eigenvalue weighted by Gasteiger charge is -2.07. The van der Waals surface area contributed by atoms with Crippen LogP contribution in [0.1, 0.15) is 5.56 Å². The maximum Gasteiger partial charge on any atom is 0.123 e. The fourth-order valence-electron chi connectivity index (χ4n) is 1.51. The summed E-state index contributed by atoms with van der Waals surface area (Å²) in [6, 6.07) is 9.94. The maximum absolute atomic E-state index is 12.6. The Morgan fingerprint density at radius 2 is 2.00 bits per heavy atom. The molecule has 1 heterocycles. The Labute approximate surface area is 106 Å². The van der Waals surface area contributed by atoms with Gasteiger partial charge in [-0.1, -0.05) is 6.07 Å². The van der Waals surface area contributed by atoms with E-state index in [2.05, 4.69) is 10.3 Å². The van der Waals surface area contributed by atoms with Crippen molar-refractivity contribution in [2.75, 3.05) is 13.2 Å². The van der Waals surface area contributed by atoms with Crippen LogP contribution in [0.4, 0.5) is 4.39 Å². The molecule has 1 aromatic heterocycles. The minimum Gasteiger partial charge on any atom is -0.492 e. The predicted molar refractivity (Wildman–Crippen MR) is 67.8 cm³/mol. The van der Waals surface area contributed by atoms with E-state index >= 15 is 0 Å². The lowest BCUT2D eigenvalue weighted by molar-refractivity contribution is 0.313. The van der Waals surface area contributed by atoms with Gasteiger partial charge in [0.2, 0.25) is 0 Å². The molecule has 2 rings (SSSR count). The molecule has 0 spiro atoms. The maximum atomic E-state index is 12.6. The Bertz CT molecular complexity index is 459. The number of ether oxygens (including phenoxy) is 1. The van der Waals surface area contributed by atoms with Gasteiger partial charge in [-0.25, -0.2) is 4.39 Å². The van der Waals surface area contributed by atoms with Crippen molar-refractivity contribution in [3.8, 4) is 5.75 Å². The minimum absolute atomic E-state index is 0.253. The number of benzene rings is 1. The fourth-order valence-corrected chi connectivity index (χ4v) is 1.51. The van der Waals surface area contributed by atoms with Crippen LogP contribution in [0.25, 0.3) is 0 Å². The van der Waals surface area contributed by atoms with E-state index in [0.29, 0.717) is 12.4 Å². The van der Waals surface area contributed by atoms with E-state index in [0.717, 1.165) is 18.7 Å². The lowest BCUT2D eigenvalue weighted by Crippen LogP contribution is -2.20. The van der Waals surface area contributed by atoms with Crippen molar-refractivity contribution in [3.63, 3.8) is 0 Å². The summed E-state index contributed by atoms with van der Waals surface area (Å²) in [5.74, 6) is 0.427. The fraction of sp³-hybridized carbons (Fsp3) is 0.214. The van der Waals surface area contributed by atoms with Gasteiger partial charge < -0.3 is 10.1 Å². The van der Waals surface area contributed by atoms with Crippen LogP contribution in [0, 0.1) is 5.82 Å². The first kappa shape index (κ1) is 12.5. The lowest BCUT2D eigenvalue weighted by atomic mass is 10.3. The number of pyridine rings is 1. The zero-order valence-electron chi connectivity index (χ0n) is 9.97. The number of nitrogens with one attached hydrogen (secondary N) is 1. The summed E-state index contributed by atoms with van der Waals surface area (Å²) in [7, 11) is 0. The van der Waals surface area contributed by atoms with Crippen molar-refractivity contribution < 1.29 is 9.13 Å². The molecule has 0 fully saturated rings. The molecule has 0 saturated carbocycles. The first-order chi connectivity index (χ1) is 8.84. The van der Waals surface area contributed by atoms with Crippen molar-refractivity contribution in [3.05, 3.63) is 60.2 Å². The molecule has 0 amide bonds. The van der Waals surface area contributed by atoms with Gasteiger partial charge in [0, 0.05) is 25.5 Å². The average molecular weight is 246 g/mol. The molecular weight excluding hydrogens is 231 g/mol.